The molecule has 8 heteroatoms. The molecule has 0 aliphatic heterocycles. The minimum Gasteiger partial charge on any atom is -0.369 e. The second-order valence-corrected chi connectivity index (χ2v) is 10.1. The largest absolute Gasteiger partial charge is 0.369 e. The highest BCUT2D eigenvalue weighted by atomic mass is 19.1. The molecular weight excluding hydrogens is 481 g/mol. The molecular formula is C30H30FN5O2. The van der Waals surface area contributed by atoms with E-state index in [0.29, 0.717) is 11.5 Å². The molecule has 1 aliphatic carbocycles. The Morgan fingerprint density at radius 1 is 1.13 bits per heavy atom. The van der Waals surface area contributed by atoms with E-state index in [0.717, 1.165) is 34.3 Å². The van der Waals surface area contributed by atoms with Crippen LogP contribution in [0.1, 0.15) is 36.5 Å². The number of carbonyl (C=O) groups excluding carboxylic acids is 2. The van der Waals surface area contributed by atoms with Gasteiger partial charge in [0.25, 0.3) is 5.91 Å². The Kier molecular flexibility index (Phi) is 6.80. The summed E-state index contributed by atoms with van der Waals surface area (Å²) in [5.74, 6) is -0.977. The number of allylic oxidation sites excluding steroid dienone is 2. The number of benzene rings is 1. The third-order valence-electron chi connectivity index (χ3n) is 7.30. The van der Waals surface area contributed by atoms with Crippen LogP contribution < -0.4 is 11.1 Å². The van der Waals surface area contributed by atoms with Crippen molar-refractivity contribution in [2.75, 3.05) is 0 Å². The number of fused-ring (bicyclic) bond motifs is 1. The van der Waals surface area contributed by atoms with E-state index in [-0.39, 0.29) is 23.5 Å². The first-order chi connectivity index (χ1) is 18.2. The first-order valence-corrected chi connectivity index (χ1v) is 12.7. The van der Waals surface area contributed by atoms with Gasteiger partial charge in [-0.05, 0) is 79.6 Å². The predicted octanol–water partition coefficient (Wildman–Crippen LogP) is 4.94. The summed E-state index contributed by atoms with van der Waals surface area (Å²) in [5.41, 5.74) is 10.3. The lowest BCUT2D eigenvalue weighted by atomic mass is 9.84. The Hall–Kier alpha value is -4.33. The molecule has 2 amide bonds. The van der Waals surface area contributed by atoms with Crippen LogP contribution in [0.5, 0.6) is 0 Å². The summed E-state index contributed by atoms with van der Waals surface area (Å²) >= 11 is 0. The van der Waals surface area contributed by atoms with Crippen LogP contribution in [0.3, 0.4) is 0 Å². The summed E-state index contributed by atoms with van der Waals surface area (Å²) in [4.78, 5) is 34.4. The number of amides is 2. The van der Waals surface area contributed by atoms with Gasteiger partial charge in [0.15, 0.2) is 0 Å². The summed E-state index contributed by atoms with van der Waals surface area (Å²) in [6.45, 7) is 5.63. The SMILES string of the molecule is Cc1cc(-c2ncccc2-c2ccn3c(C(=O)N[C@H](C)[C@@H](C(N)=O)C4C=CC(C)C4)ncc3c2)ccc1F. The Morgan fingerprint density at radius 3 is 2.66 bits per heavy atom. The Balaban J connectivity index is 1.41. The fraction of sp³-hybridized carbons (Fsp3) is 0.267. The minimum absolute atomic E-state index is 0.00375. The lowest BCUT2D eigenvalue weighted by molar-refractivity contribution is -0.123. The molecule has 4 aromatic rings. The molecule has 4 atom stereocenters. The lowest BCUT2D eigenvalue weighted by Gasteiger charge is -2.26. The van der Waals surface area contributed by atoms with Crippen LogP contribution in [0.25, 0.3) is 27.9 Å². The third kappa shape index (κ3) is 4.81. The molecule has 0 fully saturated rings. The topological polar surface area (TPSA) is 102 Å². The van der Waals surface area contributed by atoms with Crippen molar-refractivity contribution < 1.29 is 14.0 Å². The molecule has 0 saturated carbocycles. The Morgan fingerprint density at radius 2 is 1.95 bits per heavy atom. The van der Waals surface area contributed by atoms with Crippen molar-refractivity contribution in [1.29, 1.82) is 0 Å². The average molecular weight is 512 g/mol. The van der Waals surface area contributed by atoms with E-state index in [1.54, 1.807) is 49.0 Å². The normalized spacial score (nSPS) is 18.4. The van der Waals surface area contributed by atoms with Crippen molar-refractivity contribution in [3.05, 3.63) is 90.4 Å². The second kappa shape index (κ2) is 10.2. The molecule has 0 spiro atoms. The molecule has 0 saturated heterocycles. The van der Waals surface area contributed by atoms with Gasteiger partial charge >= 0.3 is 0 Å². The van der Waals surface area contributed by atoms with Crippen LogP contribution in [-0.4, -0.2) is 32.2 Å². The van der Waals surface area contributed by atoms with Crippen LogP contribution in [0.2, 0.25) is 0 Å². The zero-order chi connectivity index (χ0) is 27.0. The third-order valence-corrected chi connectivity index (χ3v) is 7.30. The predicted molar refractivity (Wildman–Crippen MR) is 145 cm³/mol. The molecule has 3 heterocycles. The Labute approximate surface area is 220 Å². The molecule has 1 aromatic carbocycles. The van der Waals surface area contributed by atoms with Crippen LogP contribution in [0.4, 0.5) is 4.39 Å². The fourth-order valence-corrected chi connectivity index (χ4v) is 5.37. The molecule has 5 rings (SSSR count). The maximum absolute atomic E-state index is 13.8. The summed E-state index contributed by atoms with van der Waals surface area (Å²) in [5, 5.41) is 2.94. The highest BCUT2D eigenvalue weighted by Crippen LogP contribution is 2.33. The number of rotatable bonds is 7. The van der Waals surface area contributed by atoms with Crippen molar-refractivity contribution in [3.8, 4) is 22.4 Å². The number of aryl methyl sites for hydroxylation is 1. The highest BCUT2D eigenvalue weighted by molar-refractivity contribution is 5.93. The van der Waals surface area contributed by atoms with E-state index in [2.05, 4.69) is 28.3 Å². The first kappa shape index (κ1) is 25.3. The molecule has 0 radical (unpaired) electrons. The number of nitrogens with zero attached hydrogens (tertiary/aromatic N) is 3. The number of primary amides is 1. The van der Waals surface area contributed by atoms with Crippen LogP contribution in [-0.2, 0) is 4.79 Å². The number of nitrogens with two attached hydrogens (primary N) is 1. The fourth-order valence-electron chi connectivity index (χ4n) is 5.37. The van der Waals surface area contributed by atoms with Gasteiger partial charge in [0.1, 0.15) is 5.82 Å². The van der Waals surface area contributed by atoms with E-state index in [1.165, 1.54) is 6.07 Å². The number of pyridine rings is 2. The van der Waals surface area contributed by atoms with Gasteiger partial charge in [-0.2, -0.15) is 0 Å². The van der Waals surface area contributed by atoms with Crippen molar-refractivity contribution in [2.45, 2.75) is 33.2 Å². The summed E-state index contributed by atoms with van der Waals surface area (Å²) in [7, 11) is 0. The highest BCUT2D eigenvalue weighted by Gasteiger charge is 2.34. The van der Waals surface area contributed by atoms with Crippen molar-refractivity contribution >= 4 is 17.3 Å². The molecule has 3 N–H and O–H groups in total. The number of carbonyl (C=O) groups is 2. The summed E-state index contributed by atoms with van der Waals surface area (Å²) in [6, 6.07) is 12.1. The molecule has 3 aromatic heterocycles. The molecule has 7 nitrogen and oxygen atoms in total. The standard InChI is InChI=1S/C30H30FN5O2/c1-17-6-7-21(13-17)26(28(32)37)19(3)35-30(38)29-34-16-23-15-20(10-12-36(23)29)24-5-4-11-33-27(24)22-8-9-25(31)18(2)14-22/h4-12,14-17,19,21,26H,13H2,1-3H3,(H2,32,37)(H,35,38)/t17?,19-,21?,26-/m1/s1. The summed E-state index contributed by atoms with van der Waals surface area (Å²) < 4.78 is 15.6. The van der Waals surface area contributed by atoms with Gasteiger partial charge < -0.3 is 11.1 Å². The Bertz CT molecular complexity index is 1560. The van der Waals surface area contributed by atoms with Gasteiger partial charge in [0.05, 0.1) is 23.3 Å². The monoisotopic (exact) mass is 511 g/mol. The molecule has 38 heavy (non-hydrogen) atoms. The van der Waals surface area contributed by atoms with Crippen LogP contribution in [0.15, 0.2) is 73.2 Å². The van der Waals surface area contributed by atoms with Gasteiger partial charge in [-0.15, -0.1) is 0 Å². The zero-order valence-electron chi connectivity index (χ0n) is 21.6. The average Bonchev–Trinajstić information content (AvgIpc) is 3.51. The van der Waals surface area contributed by atoms with E-state index in [1.807, 2.05) is 30.3 Å². The zero-order valence-corrected chi connectivity index (χ0v) is 21.6. The number of hydrogen-bond acceptors (Lipinski definition) is 4. The first-order valence-electron chi connectivity index (χ1n) is 12.7. The lowest BCUT2D eigenvalue weighted by Crippen LogP contribution is -2.46. The van der Waals surface area contributed by atoms with Crippen LogP contribution >= 0.6 is 0 Å². The van der Waals surface area contributed by atoms with Crippen LogP contribution in [0, 0.1) is 30.5 Å². The molecule has 2 unspecified atom stereocenters. The molecule has 194 valence electrons. The van der Waals surface area contributed by atoms with Gasteiger partial charge in [-0.3, -0.25) is 19.0 Å². The minimum atomic E-state index is -0.503. The van der Waals surface area contributed by atoms with E-state index < -0.39 is 17.9 Å². The van der Waals surface area contributed by atoms with E-state index in [4.69, 9.17) is 5.73 Å². The number of aromatic nitrogens is 3. The number of halogens is 1. The van der Waals surface area contributed by atoms with Gasteiger partial charge in [0.2, 0.25) is 11.7 Å². The van der Waals surface area contributed by atoms with Crippen molar-refractivity contribution in [1.82, 2.24) is 19.7 Å². The maximum atomic E-state index is 13.8. The van der Waals surface area contributed by atoms with E-state index >= 15 is 0 Å². The number of hydrogen-bond donors (Lipinski definition) is 2. The quantitative estimate of drug-likeness (QED) is 0.343. The van der Waals surface area contributed by atoms with Gasteiger partial charge in [-0.25, -0.2) is 9.37 Å². The number of nitrogens with one attached hydrogen (secondary N) is 1. The number of imidazole rings is 1. The van der Waals surface area contributed by atoms with E-state index in [9.17, 15) is 14.0 Å². The van der Waals surface area contributed by atoms with Gasteiger partial charge in [0, 0.05) is 29.6 Å². The molecule has 1 aliphatic rings. The summed E-state index contributed by atoms with van der Waals surface area (Å²) in [6.07, 6.45) is 10.1. The smallest absolute Gasteiger partial charge is 0.287 e. The van der Waals surface area contributed by atoms with Crippen molar-refractivity contribution in [3.63, 3.8) is 0 Å². The van der Waals surface area contributed by atoms with Gasteiger partial charge in [-0.1, -0.05) is 25.1 Å². The molecule has 0 bridgehead atoms. The van der Waals surface area contributed by atoms with Crippen molar-refractivity contribution in [2.24, 2.45) is 23.5 Å². The maximum Gasteiger partial charge on any atom is 0.287 e. The second-order valence-electron chi connectivity index (χ2n) is 10.1.